The number of hydrogen-bond acceptors (Lipinski definition) is 4. The van der Waals surface area contributed by atoms with Gasteiger partial charge in [-0.2, -0.15) is 0 Å². The molecule has 2 N–H and O–H groups in total. The van der Waals surface area contributed by atoms with E-state index >= 15 is 0 Å². The molecule has 27 heavy (non-hydrogen) atoms. The van der Waals surface area contributed by atoms with Crippen LogP contribution in [0.2, 0.25) is 0 Å². The second kappa shape index (κ2) is 8.31. The molecule has 2 aromatic carbocycles. The summed E-state index contributed by atoms with van der Waals surface area (Å²) >= 11 is 0. The van der Waals surface area contributed by atoms with Crippen LogP contribution in [0.1, 0.15) is 24.3 Å². The number of rotatable bonds is 6. The van der Waals surface area contributed by atoms with Gasteiger partial charge in [-0.3, -0.25) is 9.78 Å². The van der Waals surface area contributed by atoms with Gasteiger partial charge < -0.3 is 15.4 Å². The third-order valence-electron chi connectivity index (χ3n) is 3.60. The second-order valence-corrected chi connectivity index (χ2v) is 6.18. The zero-order valence-corrected chi connectivity index (χ0v) is 15.1. The minimum absolute atomic E-state index is 0.0139. The third-order valence-corrected chi connectivity index (χ3v) is 3.60. The van der Waals surface area contributed by atoms with Crippen LogP contribution in [0, 0.1) is 5.82 Å². The first-order valence-corrected chi connectivity index (χ1v) is 8.57. The van der Waals surface area contributed by atoms with Crippen LogP contribution in [0.3, 0.4) is 0 Å². The van der Waals surface area contributed by atoms with Crippen molar-refractivity contribution in [1.29, 1.82) is 0 Å². The van der Waals surface area contributed by atoms with E-state index in [0.29, 0.717) is 22.8 Å². The number of pyridine rings is 1. The zero-order valence-electron chi connectivity index (χ0n) is 15.1. The molecule has 1 heterocycles. The molecule has 0 saturated heterocycles. The Bertz CT molecular complexity index is 944. The van der Waals surface area contributed by atoms with Crippen molar-refractivity contribution >= 4 is 23.0 Å². The monoisotopic (exact) mass is 365 g/mol. The van der Waals surface area contributed by atoms with Crippen molar-refractivity contribution in [2.75, 3.05) is 10.6 Å². The van der Waals surface area contributed by atoms with Crippen molar-refractivity contribution in [2.45, 2.75) is 20.0 Å². The molecule has 0 aliphatic heterocycles. The molecule has 0 unspecified atom stereocenters. The van der Waals surface area contributed by atoms with Crippen LogP contribution in [0.5, 0.6) is 5.75 Å². The third kappa shape index (κ3) is 5.04. The largest absolute Gasteiger partial charge is 0.489 e. The summed E-state index contributed by atoms with van der Waals surface area (Å²) in [7, 11) is 0. The van der Waals surface area contributed by atoms with Crippen molar-refractivity contribution < 1.29 is 13.9 Å². The molecule has 0 bridgehead atoms. The van der Waals surface area contributed by atoms with Gasteiger partial charge in [0.2, 0.25) is 0 Å². The first-order valence-electron chi connectivity index (χ1n) is 8.57. The van der Waals surface area contributed by atoms with E-state index in [-0.39, 0.29) is 23.5 Å². The topological polar surface area (TPSA) is 63.2 Å². The lowest BCUT2D eigenvalue weighted by molar-refractivity contribution is 0.102. The molecular formula is C21H20FN3O2. The van der Waals surface area contributed by atoms with Gasteiger partial charge in [0.05, 0.1) is 11.8 Å². The van der Waals surface area contributed by atoms with E-state index in [9.17, 15) is 9.18 Å². The lowest BCUT2D eigenvalue weighted by Crippen LogP contribution is -2.15. The van der Waals surface area contributed by atoms with Gasteiger partial charge in [-0.05, 0) is 56.3 Å². The molecule has 3 aromatic rings. The number of ether oxygens (including phenoxy) is 1. The minimum atomic E-state index is -0.363. The number of amides is 1. The maximum atomic E-state index is 13.3. The van der Waals surface area contributed by atoms with Crippen molar-refractivity contribution in [3.8, 4) is 5.75 Å². The Kier molecular flexibility index (Phi) is 5.66. The molecule has 0 saturated carbocycles. The van der Waals surface area contributed by atoms with Crippen LogP contribution in [0.15, 0.2) is 66.9 Å². The molecule has 0 radical (unpaired) electrons. The Morgan fingerprint density at radius 3 is 2.59 bits per heavy atom. The molecule has 0 aliphatic rings. The van der Waals surface area contributed by atoms with Crippen LogP contribution >= 0.6 is 0 Å². The molecule has 0 fully saturated rings. The van der Waals surface area contributed by atoms with E-state index in [1.807, 2.05) is 26.0 Å². The second-order valence-electron chi connectivity index (χ2n) is 6.18. The average Bonchev–Trinajstić information content (AvgIpc) is 2.63. The van der Waals surface area contributed by atoms with Gasteiger partial charge in [-0.1, -0.05) is 18.2 Å². The smallest absolute Gasteiger partial charge is 0.274 e. The summed E-state index contributed by atoms with van der Waals surface area (Å²) in [6, 6.07) is 16.6. The van der Waals surface area contributed by atoms with E-state index < -0.39 is 0 Å². The fraction of sp³-hybridized carbons (Fsp3) is 0.143. The predicted molar refractivity (Wildman–Crippen MR) is 104 cm³/mol. The summed E-state index contributed by atoms with van der Waals surface area (Å²) in [5, 5.41) is 5.87. The predicted octanol–water partition coefficient (Wildman–Crippen LogP) is 5.00. The van der Waals surface area contributed by atoms with E-state index in [2.05, 4.69) is 15.6 Å². The summed E-state index contributed by atoms with van der Waals surface area (Å²) in [5.74, 6) is -0.110. The summed E-state index contributed by atoms with van der Waals surface area (Å²) in [6.07, 6.45) is 1.51. The molecule has 1 aromatic heterocycles. The molecule has 1 amide bonds. The molecule has 138 valence electrons. The fourth-order valence-electron chi connectivity index (χ4n) is 2.48. The fourth-order valence-corrected chi connectivity index (χ4v) is 2.48. The van der Waals surface area contributed by atoms with Crippen LogP contribution in [-0.2, 0) is 0 Å². The maximum absolute atomic E-state index is 13.3. The van der Waals surface area contributed by atoms with E-state index in [1.54, 1.807) is 36.4 Å². The number of nitrogens with zero attached hydrogens (tertiary/aromatic N) is 1. The van der Waals surface area contributed by atoms with Crippen molar-refractivity contribution in [2.24, 2.45) is 0 Å². The zero-order chi connectivity index (χ0) is 19.2. The van der Waals surface area contributed by atoms with Crippen molar-refractivity contribution in [3.63, 3.8) is 0 Å². The number of aromatic nitrogens is 1. The summed E-state index contributed by atoms with van der Waals surface area (Å²) < 4.78 is 19.0. The van der Waals surface area contributed by atoms with E-state index in [4.69, 9.17) is 4.74 Å². The molecule has 0 atom stereocenters. The number of carbonyl (C=O) groups excluding carboxylic acids is 1. The van der Waals surface area contributed by atoms with Gasteiger partial charge in [-0.25, -0.2) is 4.39 Å². The summed E-state index contributed by atoms with van der Waals surface area (Å²) in [6.45, 7) is 3.84. The van der Waals surface area contributed by atoms with Gasteiger partial charge in [0.25, 0.3) is 5.91 Å². The Labute approximate surface area is 157 Å². The van der Waals surface area contributed by atoms with Crippen molar-refractivity contribution in [3.05, 3.63) is 78.4 Å². The van der Waals surface area contributed by atoms with Crippen molar-refractivity contribution in [1.82, 2.24) is 4.98 Å². The van der Waals surface area contributed by atoms with Gasteiger partial charge in [0.15, 0.2) is 0 Å². The number of nitrogens with one attached hydrogen (secondary N) is 2. The highest BCUT2D eigenvalue weighted by molar-refractivity contribution is 6.04. The first kappa shape index (κ1) is 18.4. The molecule has 0 spiro atoms. The number of hydrogen-bond donors (Lipinski definition) is 2. The number of halogens is 1. The normalized spacial score (nSPS) is 10.5. The molecule has 3 rings (SSSR count). The highest BCUT2D eigenvalue weighted by Crippen LogP contribution is 2.25. The Morgan fingerprint density at radius 2 is 1.81 bits per heavy atom. The molecular weight excluding hydrogens is 345 g/mol. The number of carbonyl (C=O) groups is 1. The SMILES string of the molecule is CC(C)Oc1ccccc1NC(=O)c1cc(Nc2cccc(F)c2)ccn1. The average molecular weight is 365 g/mol. The van der Waals surface area contributed by atoms with E-state index in [0.717, 1.165) is 0 Å². The Morgan fingerprint density at radius 1 is 1.04 bits per heavy atom. The standard InChI is InChI=1S/C21H20FN3O2/c1-14(2)27-20-9-4-3-8-18(20)25-21(26)19-13-17(10-11-23-19)24-16-7-5-6-15(22)12-16/h3-14H,1-2H3,(H,23,24)(H,25,26). The first-order chi connectivity index (χ1) is 13.0. The number of benzene rings is 2. The lowest BCUT2D eigenvalue weighted by Gasteiger charge is -2.14. The van der Waals surface area contributed by atoms with Gasteiger partial charge in [0.1, 0.15) is 17.3 Å². The van der Waals surface area contributed by atoms with Crippen LogP contribution in [0.4, 0.5) is 21.5 Å². The van der Waals surface area contributed by atoms with E-state index in [1.165, 1.54) is 18.3 Å². The summed E-state index contributed by atoms with van der Waals surface area (Å²) in [4.78, 5) is 16.7. The van der Waals surface area contributed by atoms with Gasteiger partial charge in [-0.15, -0.1) is 0 Å². The van der Waals surface area contributed by atoms with Crippen LogP contribution < -0.4 is 15.4 Å². The van der Waals surface area contributed by atoms with Gasteiger partial charge in [0, 0.05) is 17.6 Å². The lowest BCUT2D eigenvalue weighted by atomic mass is 10.2. The van der Waals surface area contributed by atoms with Crippen LogP contribution in [0.25, 0.3) is 0 Å². The van der Waals surface area contributed by atoms with Crippen LogP contribution in [-0.4, -0.2) is 17.0 Å². The highest BCUT2D eigenvalue weighted by Gasteiger charge is 2.12. The number of anilines is 3. The van der Waals surface area contributed by atoms with Gasteiger partial charge >= 0.3 is 0 Å². The maximum Gasteiger partial charge on any atom is 0.274 e. The Balaban J connectivity index is 1.76. The molecule has 0 aliphatic carbocycles. The summed E-state index contributed by atoms with van der Waals surface area (Å²) in [5.41, 5.74) is 2.02. The quantitative estimate of drug-likeness (QED) is 0.645. The Hall–Kier alpha value is -3.41. The highest BCUT2D eigenvalue weighted by atomic mass is 19.1. The molecule has 5 nitrogen and oxygen atoms in total. The minimum Gasteiger partial charge on any atom is -0.489 e. The molecule has 6 heteroatoms. The number of para-hydroxylation sites is 2.